The number of carbonyl (C=O) groups excluding carboxylic acids is 1. The van der Waals surface area contributed by atoms with E-state index in [2.05, 4.69) is 5.16 Å². The predicted octanol–water partition coefficient (Wildman–Crippen LogP) is 3.42. The summed E-state index contributed by atoms with van der Waals surface area (Å²) in [5, 5.41) is 13.1. The molecule has 1 N–H and O–H groups in total. The number of Topliss-reactive ketones (excluding diaryl/α,β-unsaturated/α-hetero) is 1. The third-order valence-electron chi connectivity index (χ3n) is 3.20. The number of carbonyl (C=O) groups is 1. The summed E-state index contributed by atoms with van der Waals surface area (Å²) in [6.45, 7) is 6.05. The molecule has 1 aromatic rings. The highest BCUT2D eigenvalue weighted by Gasteiger charge is 2.26. The van der Waals surface area contributed by atoms with Crippen molar-refractivity contribution in [1.82, 2.24) is 0 Å². The molecule has 1 aromatic carbocycles. The van der Waals surface area contributed by atoms with Crippen LogP contribution in [-0.2, 0) is 9.63 Å². The van der Waals surface area contributed by atoms with Gasteiger partial charge in [0, 0.05) is 24.8 Å². The minimum atomic E-state index is -0.692. The van der Waals surface area contributed by atoms with Crippen LogP contribution in [0.3, 0.4) is 0 Å². The third kappa shape index (κ3) is 4.28. The van der Waals surface area contributed by atoms with Gasteiger partial charge in [0.2, 0.25) is 0 Å². The molecule has 2 rings (SSSR count). The Kier molecular flexibility index (Phi) is 4.30. The molecule has 0 fully saturated rings. The molecule has 1 aliphatic heterocycles. The van der Waals surface area contributed by atoms with Crippen LogP contribution in [0.1, 0.15) is 45.6 Å². The molecule has 0 radical (unpaired) electrons. The Morgan fingerprint density at radius 1 is 1.48 bits per heavy atom. The lowest BCUT2D eigenvalue weighted by Crippen LogP contribution is -2.19. The van der Waals surface area contributed by atoms with E-state index in [0.29, 0.717) is 30.5 Å². The molecular formula is C16H20FNO3. The number of hydrogen-bond acceptors (Lipinski definition) is 4. The van der Waals surface area contributed by atoms with E-state index in [1.807, 2.05) is 20.8 Å². The van der Waals surface area contributed by atoms with Crippen LogP contribution in [0.4, 0.5) is 4.39 Å². The first-order chi connectivity index (χ1) is 9.74. The van der Waals surface area contributed by atoms with Gasteiger partial charge in [-0.25, -0.2) is 4.39 Å². The fourth-order valence-corrected chi connectivity index (χ4v) is 2.31. The number of halogens is 1. The Balaban J connectivity index is 1.94. The number of phenolic OH excluding ortho intramolecular Hbond substituents is 1. The number of hydrogen-bond donors (Lipinski definition) is 1. The Labute approximate surface area is 123 Å². The molecule has 1 heterocycles. The van der Waals surface area contributed by atoms with Gasteiger partial charge < -0.3 is 9.94 Å². The van der Waals surface area contributed by atoms with Crippen molar-refractivity contribution >= 4 is 11.5 Å². The summed E-state index contributed by atoms with van der Waals surface area (Å²) < 4.78 is 13.3. The van der Waals surface area contributed by atoms with Crippen molar-refractivity contribution < 1.29 is 19.1 Å². The van der Waals surface area contributed by atoms with Crippen LogP contribution in [0.15, 0.2) is 23.4 Å². The van der Waals surface area contributed by atoms with Gasteiger partial charge in [-0.05, 0) is 23.6 Å². The van der Waals surface area contributed by atoms with Crippen molar-refractivity contribution in [3.05, 3.63) is 29.6 Å². The maximum atomic E-state index is 13.3. The Bertz CT molecular complexity index is 575. The van der Waals surface area contributed by atoms with Crippen LogP contribution in [0.2, 0.25) is 0 Å². The number of ketones is 1. The van der Waals surface area contributed by atoms with Crippen LogP contribution in [-0.4, -0.2) is 22.7 Å². The molecule has 0 saturated heterocycles. The molecule has 0 spiro atoms. The molecule has 0 aromatic heterocycles. The predicted molar refractivity (Wildman–Crippen MR) is 77.8 cm³/mol. The van der Waals surface area contributed by atoms with Crippen LogP contribution < -0.4 is 0 Å². The van der Waals surface area contributed by atoms with Gasteiger partial charge in [0.1, 0.15) is 11.9 Å². The van der Waals surface area contributed by atoms with Crippen molar-refractivity contribution in [3.63, 3.8) is 0 Å². The second-order valence-electron chi connectivity index (χ2n) is 6.62. The highest BCUT2D eigenvalue weighted by atomic mass is 19.1. The zero-order chi connectivity index (χ0) is 15.6. The Morgan fingerprint density at radius 2 is 2.19 bits per heavy atom. The molecule has 0 bridgehead atoms. The van der Waals surface area contributed by atoms with Crippen molar-refractivity contribution in [2.75, 3.05) is 0 Å². The maximum absolute atomic E-state index is 13.3. The van der Waals surface area contributed by atoms with Crippen LogP contribution in [0.25, 0.3) is 0 Å². The third-order valence-corrected chi connectivity index (χ3v) is 3.20. The van der Waals surface area contributed by atoms with Crippen molar-refractivity contribution in [2.24, 2.45) is 10.6 Å². The van der Waals surface area contributed by atoms with Gasteiger partial charge in [0.15, 0.2) is 11.6 Å². The average molecular weight is 293 g/mol. The van der Waals surface area contributed by atoms with Gasteiger partial charge in [-0.1, -0.05) is 25.9 Å². The summed E-state index contributed by atoms with van der Waals surface area (Å²) in [6, 6.07) is 4.09. The normalized spacial score (nSPS) is 18.3. The molecule has 0 aliphatic carbocycles. The monoisotopic (exact) mass is 293 g/mol. The molecule has 4 nitrogen and oxygen atoms in total. The maximum Gasteiger partial charge on any atom is 0.165 e. The van der Waals surface area contributed by atoms with Crippen LogP contribution >= 0.6 is 0 Å². The number of aromatic hydroxyl groups is 1. The first-order valence-electron chi connectivity index (χ1n) is 6.98. The fraction of sp³-hybridized carbons (Fsp3) is 0.500. The molecule has 114 valence electrons. The molecular weight excluding hydrogens is 273 g/mol. The summed E-state index contributed by atoms with van der Waals surface area (Å²) in [4.78, 5) is 17.2. The summed E-state index contributed by atoms with van der Waals surface area (Å²) >= 11 is 0. The average Bonchev–Trinajstić information content (AvgIpc) is 2.78. The van der Waals surface area contributed by atoms with E-state index in [0.717, 1.165) is 0 Å². The van der Waals surface area contributed by atoms with Crippen LogP contribution in [0, 0.1) is 11.2 Å². The topological polar surface area (TPSA) is 58.9 Å². The van der Waals surface area contributed by atoms with E-state index in [-0.39, 0.29) is 17.3 Å². The molecule has 5 heteroatoms. The highest BCUT2D eigenvalue weighted by molar-refractivity contribution is 6.01. The SMILES string of the molecule is CC(C)(C)CC(=O)C[C@@H]1CC(c2ccc(O)c(F)c2)=NO1. The standard InChI is InChI=1S/C16H20FNO3/c1-16(2,3)9-11(19)7-12-8-14(18-21-12)10-4-5-15(20)13(17)6-10/h4-6,12,20H,7-9H2,1-3H3/t12-/m1/s1. The summed E-state index contributed by atoms with van der Waals surface area (Å²) in [6.07, 6.45) is 0.993. The van der Waals surface area contributed by atoms with E-state index in [9.17, 15) is 14.3 Å². The van der Waals surface area contributed by atoms with E-state index in [4.69, 9.17) is 4.84 Å². The second kappa shape index (κ2) is 5.84. The molecule has 1 aliphatic rings. The number of phenols is 1. The van der Waals surface area contributed by atoms with Gasteiger partial charge in [-0.3, -0.25) is 4.79 Å². The first kappa shape index (κ1) is 15.5. The van der Waals surface area contributed by atoms with Gasteiger partial charge in [-0.15, -0.1) is 0 Å². The van der Waals surface area contributed by atoms with Gasteiger partial charge in [0.05, 0.1) is 5.71 Å². The van der Waals surface area contributed by atoms with E-state index >= 15 is 0 Å². The second-order valence-corrected chi connectivity index (χ2v) is 6.62. The van der Waals surface area contributed by atoms with Gasteiger partial charge in [-0.2, -0.15) is 0 Å². The summed E-state index contributed by atoms with van der Waals surface area (Å²) in [5.41, 5.74) is 1.12. The molecule has 0 amide bonds. The number of rotatable bonds is 4. The quantitative estimate of drug-likeness (QED) is 0.925. The summed E-state index contributed by atoms with van der Waals surface area (Å²) in [5.74, 6) is -0.946. The van der Waals surface area contributed by atoms with Gasteiger partial charge >= 0.3 is 0 Å². The number of oxime groups is 1. The zero-order valence-electron chi connectivity index (χ0n) is 12.5. The highest BCUT2D eigenvalue weighted by Crippen LogP contribution is 2.25. The molecule has 1 atom stereocenters. The van der Waals surface area contributed by atoms with E-state index < -0.39 is 11.6 Å². The smallest absolute Gasteiger partial charge is 0.165 e. The van der Waals surface area contributed by atoms with Crippen molar-refractivity contribution in [1.29, 1.82) is 0 Å². The van der Waals surface area contributed by atoms with Crippen molar-refractivity contribution in [2.45, 2.75) is 46.1 Å². The molecule has 21 heavy (non-hydrogen) atoms. The molecule has 0 saturated carbocycles. The van der Waals surface area contributed by atoms with E-state index in [1.54, 1.807) is 6.07 Å². The Hall–Kier alpha value is -1.91. The minimum absolute atomic E-state index is 0.0422. The zero-order valence-corrected chi connectivity index (χ0v) is 12.5. The number of nitrogens with zero attached hydrogens (tertiary/aromatic N) is 1. The Morgan fingerprint density at radius 3 is 2.81 bits per heavy atom. The minimum Gasteiger partial charge on any atom is -0.505 e. The summed E-state index contributed by atoms with van der Waals surface area (Å²) in [7, 11) is 0. The van der Waals surface area contributed by atoms with Crippen LogP contribution in [0.5, 0.6) is 5.75 Å². The number of benzene rings is 1. The first-order valence-corrected chi connectivity index (χ1v) is 6.98. The molecule has 0 unspecified atom stereocenters. The van der Waals surface area contributed by atoms with Gasteiger partial charge in [0.25, 0.3) is 0 Å². The lowest BCUT2D eigenvalue weighted by molar-refractivity contribution is -0.123. The lowest BCUT2D eigenvalue weighted by atomic mass is 9.88. The van der Waals surface area contributed by atoms with Crippen molar-refractivity contribution in [3.8, 4) is 5.75 Å². The van der Waals surface area contributed by atoms with E-state index in [1.165, 1.54) is 12.1 Å². The lowest BCUT2D eigenvalue weighted by Gasteiger charge is -2.17. The largest absolute Gasteiger partial charge is 0.505 e. The fourth-order valence-electron chi connectivity index (χ4n) is 2.31.